The summed E-state index contributed by atoms with van der Waals surface area (Å²) in [6, 6.07) is 20.6. The van der Waals surface area contributed by atoms with Crippen molar-refractivity contribution in [2.75, 3.05) is 0 Å². The minimum atomic E-state index is -4.52. The Morgan fingerprint density at radius 2 is 0.914 bits per heavy atom. The Hall–Kier alpha value is -2.53. The topological polar surface area (TPSA) is 114 Å². The third-order valence-corrected chi connectivity index (χ3v) is 7.06. The fraction of sp³-hybridized carbons (Fsp3) is 0.0769. The molecule has 35 heavy (non-hydrogen) atoms. The van der Waals surface area contributed by atoms with Crippen LogP contribution in [0.4, 0.5) is 0 Å². The molecule has 0 bridgehead atoms. The van der Waals surface area contributed by atoms with E-state index in [1.54, 1.807) is 86.6 Å². The van der Waals surface area contributed by atoms with Gasteiger partial charge in [-0.3, -0.25) is 0 Å². The molecule has 0 radical (unpaired) electrons. The van der Waals surface area contributed by atoms with Gasteiger partial charge in [0.2, 0.25) is 0 Å². The quantitative estimate of drug-likeness (QED) is 0.272. The van der Waals surface area contributed by atoms with Gasteiger partial charge in [-0.25, -0.2) is 16.8 Å². The number of rotatable bonds is 4. The Bertz CT molecular complexity index is 1530. The maximum atomic E-state index is 11.4. The first-order chi connectivity index (χ1) is 15.8. The van der Waals surface area contributed by atoms with Crippen molar-refractivity contribution in [3.63, 3.8) is 0 Å². The molecule has 6 nitrogen and oxygen atoms in total. The number of benzene rings is 4. The van der Waals surface area contributed by atoms with Gasteiger partial charge < -0.3 is 9.11 Å². The van der Waals surface area contributed by atoms with Gasteiger partial charge in [0.1, 0.15) is 20.2 Å². The molecule has 0 unspecified atom stereocenters. The molecule has 0 aromatic heterocycles. The second-order valence-electron chi connectivity index (χ2n) is 7.80. The Morgan fingerprint density at radius 3 is 1.20 bits per heavy atom. The minimum absolute atomic E-state index is 0. The summed E-state index contributed by atoms with van der Waals surface area (Å²) in [4.78, 5) is -0.355. The zero-order chi connectivity index (χ0) is 25.3. The molecule has 4 rings (SSSR count). The van der Waals surface area contributed by atoms with Crippen LogP contribution in [0, 0.1) is 0 Å². The zero-order valence-electron chi connectivity index (χ0n) is 19.3. The van der Waals surface area contributed by atoms with Crippen LogP contribution < -0.4 is 0 Å². The number of allylic oxidation sites excluding steroid dienone is 2. The van der Waals surface area contributed by atoms with Crippen LogP contribution in [0.1, 0.15) is 25.0 Å². The second kappa shape index (κ2) is 11.0. The first kappa shape index (κ1) is 28.7. The standard InChI is InChI=1S/2C13H12O3S.Mg/c2*1-9(2)11-8-7-10-5-3-4-6-12(10)13(11)17(14,15)16;/h2*3-8H,1H2,2H3,(H,14,15,16);/q;;+2/p-2. The monoisotopic (exact) mass is 518 g/mol. The van der Waals surface area contributed by atoms with Crippen LogP contribution in [0.2, 0.25) is 0 Å². The minimum Gasteiger partial charge on any atom is -0.744 e. The van der Waals surface area contributed by atoms with E-state index >= 15 is 0 Å². The van der Waals surface area contributed by atoms with Gasteiger partial charge in [0.25, 0.3) is 0 Å². The Kier molecular flexibility index (Phi) is 9.04. The number of hydrogen-bond acceptors (Lipinski definition) is 6. The van der Waals surface area contributed by atoms with Crippen molar-refractivity contribution >= 4 is 76.0 Å². The summed E-state index contributed by atoms with van der Waals surface area (Å²) in [5, 5.41) is 2.35. The molecule has 4 aromatic carbocycles. The summed E-state index contributed by atoms with van der Waals surface area (Å²) in [6.45, 7) is 10.8. The van der Waals surface area contributed by atoms with Crippen LogP contribution >= 0.6 is 0 Å². The average Bonchev–Trinajstić information content (AvgIpc) is 2.76. The van der Waals surface area contributed by atoms with Gasteiger partial charge in [0, 0.05) is 0 Å². The molecule has 0 saturated carbocycles. The Morgan fingerprint density at radius 1 is 0.600 bits per heavy atom. The molecule has 0 aliphatic heterocycles. The molecular formula is C26H22MgO6S2. The van der Waals surface area contributed by atoms with Gasteiger partial charge in [-0.05, 0) is 57.7 Å². The van der Waals surface area contributed by atoms with E-state index in [4.69, 9.17) is 0 Å². The normalized spacial score (nSPS) is 11.3. The number of hydrogen-bond donors (Lipinski definition) is 0. The first-order valence-electron chi connectivity index (χ1n) is 10.1. The largest absolute Gasteiger partial charge is 2.00 e. The van der Waals surface area contributed by atoms with Crippen LogP contribution in [-0.4, -0.2) is 49.0 Å². The van der Waals surface area contributed by atoms with Gasteiger partial charge in [0.05, 0.1) is 9.79 Å². The maximum Gasteiger partial charge on any atom is 2.00 e. The van der Waals surface area contributed by atoms with E-state index in [0.29, 0.717) is 33.0 Å². The average molecular weight is 519 g/mol. The SMILES string of the molecule is C=C(C)c1ccc2ccccc2c1S(=O)(=O)[O-].C=C(C)c1ccc2ccccc2c1S(=O)(=O)[O-].[Mg+2]. The van der Waals surface area contributed by atoms with E-state index < -0.39 is 20.2 Å². The molecule has 0 atom stereocenters. The third kappa shape index (κ3) is 6.37. The van der Waals surface area contributed by atoms with Crippen molar-refractivity contribution < 1.29 is 25.9 Å². The molecule has 0 fully saturated rings. The van der Waals surface area contributed by atoms with Crippen LogP contribution in [0.3, 0.4) is 0 Å². The van der Waals surface area contributed by atoms with Gasteiger partial charge in [-0.2, -0.15) is 0 Å². The van der Waals surface area contributed by atoms with Crippen LogP contribution in [-0.2, 0) is 20.2 Å². The Labute approximate surface area is 221 Å². The molecular weight excluding hydrogens is 497 g/mol. The van der Waals surface area contributed by atoms with Crippen molar-refractivity contribution in [1.82, 2.24) is 0 Å². The predicted molar refractivity (Wildman–Crippen MR) is 139 cm³/mol. The molecule has 0 aliphatic carbocycles. The van der Waals surface area contributed by atoms with Crippen molar-refractivity contribution in [2.45, 2.75) is 23.6 Å². The van der Waals surface area contributed by atoms with Gasteiger partial charge >= 0.3 is 23.1 Å². The van der Waals surface area contributed by atoms with Gasteiger partial charge in [-0.1, -0.05) is 86.0 Å². The molecule has 0 saturated heterocycles. The smallest absolute Gasteiger partial charge is 0.744 e. The predicted octanol–water partition coefficient (Wildman–Crippen LogP) is 5.17. The molecule has 0 spiro atoms. The van der Waals surface area contributed by atoms with Crippen molar-refractivity contribution in [1.29, 1.82) is 0 Å². The van der Waals surface area contributed by atoms with E-state index in [1.807, 2.05) is 0 Å². The summed E-state index contributed by atoms with van der Waals surface area (Å²) >= 11 is 0. The summed E-state index contributed by atoms with van der Waals surface area (Å²) in [5.74, 6) is 0. The molecule has 176 valence electrons. The number of fused-ring (bicyclic) bond motifs is 2. The summed E-state index contributed by atoms with van der Waals surface area (Å²) in [7, 11) is -9.03. The molecule has 0 amide bonds. The van der Waals surface area contributed by atoms with E-state index in [9.17, 15) is 25.9 Å². The maximum absolute atomic E-state index is 11.4. The van der Waals surface area contributed by atoms with E-state index in [0.717, 1.165) is 10.8 Å². The van der Waals surface area contributed by atoms with Crippen molar-refractivity contribution in [2.24, 2.45) is 0 Å². The summed E-state index contributed by atoms with van der Waals surface area (Å²) in [6.07, 6.45) is 0. The van der Waals surface area contributed by atoms with Gasteiger partial charge in [0.15, 0.2) is 0 Å². The van der Waals surface area contributed by atoms with Crippen molar-refractivity contribution in [3.05, 3.63) is 97.1 Å². The fourth-order valence-corrected chi connectivity index (χ4v) is 5.63. The molecule has 0 aliphatic rings. The van der Waals surface area contributed by atoms with E-state index in [1.165, 1.54) is 0 Å². The van der Waals surface area contributed by atoms with Crippen LogP contribution in [0.5, 0.6) is 0 Å². The molecule has 4 aromatic rings. The van der Waals surface area contributed by atoms with Crippen LogP contribution in [0.25, 0.3) is 32.7 Å². The molecule has 0 heterocycles. The summed E-state index contributed by atoms with van der Waals surface area (Å²) in [5.41, 5.74) is 1.90. The molecule has 0 N–H and O–H groups in total. The van der Waals surface area contributed by atoms with Crippen LogP contribution in [0.15, 0.2) is 95.7 Å². The van der Waals surface area contributed by atoms with E-state index in [-0.39, 0.29) is 32.8 Å². The zero-order valence-corrected chi connectivity index (χ0v) is 22.4. The second-order valence-corrected chi connectivity index (χ2v) is 10.4. The Balaban J connectivity index is 0.000000240. The first-order valence-corrected chi connectivity index (χ1v) is 12.9. The van der Waals surface area contributed by atoms with Crippen molar-refractivity contribution in [3.8, 4) is 0 Å². The third-order valence-electron chi connectivity index (χ3n) is 5.18. The molecule has 9 heteroatoms. The fourth-order valence-electron chi connectivity index (χ4n) is 3.70. The van der Waals surface area contributed by atoms with Gasteiger partial charge in [-0.15, -0.1) is 0 Å². The van der Waals surface area contributed by atoms with E-state index in [2.05, 4.69) is 13.2 Å². The summed E-state index contributed by atoms with van der Waals surface area (Å²) < 4.78 is 68.3.